The van der Waals surface area contributed by atoms with Crippen LogP contribution in [0.2, 0.25) is 0 Å². The lowest BCUT2D eigenvalue weighted by Gasteiger charge is -2.32. The molecule has 3 N–H and O–H groups in total. The molecule has 7 nitrogen and oxygen atoms in total. The van der Waals surface area contributed by atoms with Crippen molar-refractivity contribution in [1.29, 1.82) is 0 Å². The van der Waals surface area contributed by atoms with Gasteiger partial charge in [-0.15, -0.1) is 0 Å². The molecule has 1 aliphatic heterocycles. The number of piperidine rings is 1. The van der Waals surface area contributed by atoms with Crippen LogP contribution in [0.1, 0.15) is 12.8 Å². The highest BCUT2D eigenvalue weighted by Gasteiger charge is 2.23. The molecule has 0 bridgehead atoms. The number of primary amides is 1. The van der Waals surface area contributed by atoms with E-state index in [0.717, 1.165) is 48.6 Å². The number of fused-ring (bicyclic) bond motifs is 1. The second-order valence-electron chi connectivity index (χ2n) is 6.43. The minimum absolute atomic E-state index is 0.00858. The maximum atomic E-state index is 11.3. The van der Waals surface area contributed by atoms with Crippen LogP contribution in [-0.2, 0) is 4.79 Å². The van der Waals surface area contributed by atoms with Crippen molar-refractivity contribution in [2.45, 2.75) is 12.8 Å². The first-order valence-corrected chi connectivity index (χ1v) is 8.68. The molecule has 1 aliphatic rings. The monoisotopic (exact) mass is 348 g/mol. The van der Waals surface area contributed by atoms with Gasteiger partial charge in [-0.3, -0.25) is 9.78 Å². The first-order chi connectivity index (χ1) is 12.7. The van der Waals surface area contributed by atoms with Crippen LogP contribution in [0.25, 0.3) is 11.2 Å². The molecule has 0 unspecified atom stereocenters. The average molecular weight is 348 g/mol. The highest BCUT2D eigenvalue weighted by atomic mass is 16.1. The number of hydrogen-bond donors (Lipinski definition) is 2. The maximum Gasteiger partial charge on any atom is 0.220 e. The summed E-state index contributed by atoms with van der Waals surface area (Å²) in [5, 5.41) is 3.29. The smallest absolute Gasteiger partial charge is 0.220 e. The van der Waals surface area contributed by atoms with Crippen LogP contribution in [0.5, 0.6) is 0 Å². The maximum absolute atomic E-state index is 11.3. The van der Waals surface area contributed by atoms with Gasteiger partial charge in [0.15, 0.2) is 5.65 Å². The summed E-state index contributed by atoms with van der Waals surface area (Å²) < 4.78 is 0. The van der Waals surface area contributed by atoms with Crippen LogP contribution in [0.4, 0.5) is 17.2 Å². The van der Waals surface area contributed by atoms with Crippen molar-refractivity contribution in [3.05, 3.63) is 48.8 Å². The minimum Gasteiger partial charge on any atom is -0.371 e. The van der Waals surface area contributed by atoms with Crippen LogP contribution in [0.15, 0.2) is 48.8 Å². The number of nitrogens with two attached hydrogens (primary N) is 1. The third-order valence-corrected chi connectivity index (χ3v) is 4.73. The average Bonchev–Trinajstić information content (AvgIpc) is 2.68. The molecule has 0 atom stereocenters. The van der Waals surface area contributed by atoms with Gasteiger partial charge in [-0.1, -0.05) is 0 Å². The van der Waals surface area contributed by atoms with Gasteiger partial charge < -0.3 is 16.0 Å². The molecule has 132 valence electrons. The fourth-order valence-electron chi connectivity index (χ4n) is 3.25. The third-order valence-electron chi connectivity index (χ3n) is 4.73. The number of nitrogens with zero attached hydrogens (tertiary/aromatic N) is 4. The number of rotatable bonds is 4. The highest BCUT2D eigenvalue weighted by molar-refractivity contribution is 5.77. The Balaban J connectivity index is 1.43. The highest BCUT2D eigenvalue weighted by Crippen LogP contribution is 2.25. The number of carbonyl (C=O) groups excluding carboxylic acids is 1. The van der Waals surface area contributed by atoms with E-state index in [2.05, 4.69) is 37.3 Å². The van der Waals surface area contributed by atoms with E-state index >= 15 is 0 Å². The van der Waals surface area contributed by atoms with Crippen LogP contribution in [-0.4, -0.2) is 33.9 Å². The first-order valence-electron chi connectivity index (χ1n) is 8.68. The molecule has 3 aromatic rings. The number of nitrogens with one attached hydrogen (secondary N) is 1. The van der Waals surface area contributed by atoms with Crippen molar-refractivity contribution in [3.63, 3.8) is 0 Å². The van der Waals surface area contributed by atoms with Crippen molar-refractivity contribution < 1.29 is 4.79 Å². The summed E-state index contributed by atoms with van der Waals surface area (Å²) in [6.45, 7) is 1.70. The lowest BCUT2D eigenvalue weighted by atomic mass is 9.96. The van der Waals surface area contributed by atoms with Gasteiger partial charge >= 0.3 is 0 Å². The van der Waals surface area contributed by atoms with E-state index in [0.29, 0.717) is 5.65 Å². The van der Waals surface area contributed by atoms with Crippen LogP contribution in [0.3, 0.4) is 0 Å². The molecule has 26 heavy (non-hydrogen) atoms. The van der Waals surface area contributed by atoms with E-state index in [9.17, 15) is 4.79 Å². The number of hydrogen-bond acceptors (Lipinski definition) is 6. The molecule has 0 radical (unpaired) electrons. The molecule has 1 fully saturated rings. The number of carbonyl (C=O) groups is 1. The molecule has 0 saturated carbocycles. The lowest BCUT2D eigenvalue weighted by Crippen LogP contribution is -2.38. The Labute approximate surface area is 151 Å². The summed E-state index contributed by atoms with van der Waals surface area (Å²) in [5.41, 5.74) is 8.89. The van der Waals surface area contributed by atoms with Crippen molar-refractivity contribution in [3.8, 4) is 0 Å². The third kappa shape index (κ3) is 3.42. The van der Waals surface area contributed by atoms with Gasteiger partial charge in [0.05, 0.1) is 0 Å². The quantitative estimate of drug-likeness (QED) is 0.752. The van der Waals surface area contributed by atoms with Crippen molar-refractivity contribution in [2.24, 2.45) is 11.7 Å². The molecular weight excluding hydrogens is 328 g/mol. The van der Waals surface area contributed by atoms with E-state index in [1.807, 2.05) is 24.3 Å². The van der Waals surface area contributed by atoms with Crippen LogP contribution >= 0.6 is 0 Å². The van der Waals surface area contributed by atoms with E-state index in [1.165, 1.54) is 0 Å². The predicted molar refractivity (Wildman–Crippen MR) is 101 cm³/mol. The van der Waals surface area contributed by atoms with Gasteiger partial charge in [-0.05, 0) is 49.2 Å². The molecule has 0 spiro atoms. The van der Waals surface area contributed by atoms with E-state index < -0.39 is 0 Å². The first kappa shape index (κ1) is 16.3. The Kier molecular flexibility index (Phi) is 4.35. The van der Waals surface area contributed by atoms with Crippen molar-refractivity contribution in [1.82, 2.24) is 15.0 Å². The summed E-state index contributed by atoms with van der Waals surface area (Å²) in [7, 11) is 0. The van der Waals surface area contributed by atoms with E-state index in [4.69, 9.17) is 5.73 Å². The molecule has 7 heteroatoms. The fraction of sp³-hybridized carbons (Fsp3) is 0.263. The zero-order valence-corrected chi connectivity index (χ0v) is 14.3. The molecule has 3 heterocycles. The lowest BCUT2D eigenvalue weighted by molar-refractivity contribution is -0.122. The van der Waals surface area contributed by atoms with Crippen molar-refractivity contribution >= 4 is 34.3 Å². The van der Waals surface area contributed by atoms with E-state index in [-0.39, 0.29) is 11.8 Å². The van der Waals surface area contributed by atoms with Gasteiger partial charge in [0, 0.05) is 42.8 Å². The van der Waals surface area contributed by atoms with Gasteiger partial charge in [-0.25, -0.2) is 9.97 Å². The summed E-state index contributed by atoms with van der Waals surface area (Å²) in [6, 6.07) is 12.0. The molecule has 1 amide bonds. The predicted octanol–water partition coefficient (Wildman–Crippen LogP) is 2.47. The molecule has 0 aliphatic carbocycles. The summed E-state index contributed by atoms with van der Waals surface area (Å²) in [4.78, 5) is 26.5. The summed E-state index contributed by atoms with van der Waals surface area (Å²) in [6.07, 6.45) is 4.92. The Morgan fingerprint density at radius 3 is 2.50 bits per heavy atom. The van der Waals surface area contributed by atoms with Crippen molar-refractivity contribution in [2.75, 3.05) is 23.3 Å². The number of anilines is 3. The molecule has 4 rings (SSSR count). The zero-order chi connectivity index (χ0) is 17.9. The molecule has 1 aromatic carbocycles. The van der Waals surface area contributed by atoms with Crippen LogP contribution in [0, 0.1) is 5.92 Å². The zero-order valence-electron chi connectivity index (χ0n) is 14.3. The molecule has 1 saturated heterocycles. The number of aromatic nitrogens is 3. The second kappa shape index (κ2) is 6.95. The SMILES string of the molecule is NC(=O)C1CCN(c2ccc(Nc3ccc4nccnc4n3)cc2)CC1. The Morgan fingerprint density at radius 2 is 1.77 bits per heavy atom. The Morgan fingerprint density at radius 1 is 1.04 bits per heavy atom. The van der Waals surface area contributed by atoms with Crippen LogP contribution < -0.4 is 16.0 Å². The number of amides is 1. The van der Waals surface area contributed by atoms with Gasteiger partial charge in [0.2, 0.25) is 5.91 Å². The van der Waals surface area contributed by atoms with Gasteiger partial charge in [0.25, 0.3) is 0 Å². The standard InChI is InChI=1S/C19H20N6O/c20-18(26)13-7-11-25(12-8-13)15-3-1-14(2-4-15)23-17-6-5-16-19(24-17)22-10-9-21-16/h1-6,9-10,13H,7-8,11-12H2,(H2,20,26)(H,22,23,24). The fourth-order valence-corrected chi connectivity index (χ4v) is 3.25. The van der Waals surface area contributed by atoms with Gasteiger partial charge in [-0.2, -0.15) is 0 Å². The minimum atomic E-state index is -0.184. The van der Waals surface area contributed by atoms with E-state index in [1.54, 1.807) is 12.4 Å². The number of pyridine rings is 1. The topological polar surface area (TPSA) is 97.0 Å². The number of benzene rings is 1. The molecule has 2 aromatic heterocycles. The normalized spacial score (nSPS) is 15.2. The second-order valence-corrected chi connectivity index (χ2v) is 6.43. The summed E-state index contributed by atoms with van der Waals surface area (Å²) in [5.74, 6) is 0.555. The Bertz CT molecular complexity index is 919. The molecular formula is C19H20N6O. The van der Waals surface area contributed by atoms with Gasteiger partial charge in [0.1, 0.15) is 11.3 Å². The largest absolute Gasteiger partial charge is 0.371 e. The Hall–Kier alpha value is -3.22. The summed E-state index contributed by atoms with van der Waals surface area (Å²) >= 11 is 0.